The summed E-state index contributed by atoms with van der Waals surface area (Å²) < 4.78 is 26.8. The van der Waals surface area contributed by atoms with Gasteiger partial charge in [0.1, 0.15) is 9.77 Å². The Balaban J connectivity index is 2.47. The molecule has 19 heavy (non-hydrogen) atoms. The zero-order valence-corrected chi connectivity index (χ0v) is 12.5. The highest BCUT2D eigenvalue weighted by Gasteiger charge is 2.38. The van der Waals surface area contributed by atoms with Crippen molar-refractivity contribution >= 4 is 27.3 Å². The highest BCUT2D eigenvalue weighted by Crippen LogP contribution is 2.32. The summed E-state index contributed by atoms with van der Waals surface area (Å²) in [6, 6.07) is 1.21. The van der Waals surface area contributed by atoms with Crippen molar-refractivity contribution in [3.05, 3.63) is 16.3 Å². The topological polar surface area (TPSA) is 74.7 Å². The normalized spacial score (nSPS) is 25.4. The Labute approximate surface area is 116 Å². The molecule has 1 aromatic rings. The molecule has 0 aromatic carbocycles. The molecule has 2 heterocycles. The monoisotopic (exact) mass is 303 g/mol. The van der Waals surface area contributed by atoms with Crippen LogP contribution in [0.3, 0.4) is 0 Å². The Hall–Kier alpha value is -0.920. The van der Waals surface area contributed by atoms with Gasteiger partial charge in [0.15, 0.2) is 0 Å². The van der Waals surface area contributed by atoms with Crippen LogP contribution in [0.25, 0.3) is 0 Å². The molecule has 0 saturated carbocycles. The van der Waals surface area contributed by atoms with Gasteiger partial charge < -0.3 is 5.11 Å². The molecule has 2 atom stereocenters. The van der Waals surface area contributed by atoms with Gasteiger partial charge in [0.05, 0.1) is 0 Å². The minimum Gasteiger partial charge on any atom is -0.477 e. The molecule has 1 aliphatic rings. The number of aromatic carboxylic acids is 1. The average Bonchev–Trinajstić information content (AvgIpc) is 2.77. The first kappa shape index (κ1) is 14.5. The number of thiophene rings is 1. The van der Waals surface area contributed by atoms with Gasteiger partial charge in [-0.05, 0) is 38.1 Å². The van der Waals surface area contributed by atoms with Crippen LogP contribution < -0.4 is 0 Å². The van der Waals surface area contributed by atoms with Crippen LogP contribution in [0.5, 0.6) is 0 Å². The largest absolute Gasteiger partial charge is 0.477 e. The van der Waals surface area contributed by atoms with Gasteiger partial charge in [-0.2, -0.15) is 4.31 Å². The van der Waals surface area contributed by atoms with Crippen molar-refractivity contribution < 1.29 is 18.3 Å². The second kappa shape index (κ2) is 5.22. The minimum atomic E-state index is -3.73. The molecule has 5 nitrogen and oxygen atoms in total. The predicted molar refractivity (Wildman–Crippen MR) is 73.1 cm³/mol. The van der Waals surface area contributed by atoms with Gasteiger partial charge in [-0.25, -0.2) is 13.2 Å². The number of hydrogen-bond donors (Lipinski definition) is 1. The number of hydrogen-bond acceptors (Lipinski definition) is 4. The fourth-order valence-electron chi connectivity index (χ4n) is 2.64. The van der Waals surface area contributed by atoms with Gasteiger partial charge in [-0.15, -0.1) is 11.3 Å². The fourth-order valence-corrected chi connectivity index (χ4v) is 5.76. The van der Waals surface area contributed by atoms with Gasteiger partial charge >= 0.3 is 5.97 Å². The van der Waals surface area contributed by atoms with Crippen LogP contribution in [0.2, 0.25) is 0 Å². The Morgan fingerprint density at radius 1 is 1.37 bits per heavy atom. The SMILES string of the molecule is C[C@@H]1CCC[C@H](C)N1S(=O)(=O)c1ccsc1C(=O)O. The first-order valence-corrected chi connectivity index (χ1v) is 8.52. The van der Waals surface area contributed by atoms with Crippen molar-refractivity contribution in [2.24, 2.45) is 0 Å². The van der Waals surface area contributed by atoms with E-state index in [1.54, 1.807) is 0 Å². The summed E-state index contributed by atoms with van der Waals surface area (Å²) >= 11 is 0.946. The first-order valence-electron chi connectivity index (χ1n) is 6.20. The molecular weight excluding hydrogens is 286 g/mol. The van der Waals surface area contributed by atoms with Gasteiger partial charge in [0, 0.05) is 12.1 Å². The fraction of sp³-hybridized carbons (Fsp3) is 0.583. The number of piperidine rings is 1. The van der Waals surface area contributed by atoms with E-state index in [2.05, 4.69) is 0 Å². The van der Waals surface area contributed by atoms with E-state index in [0.717, 1.165) is 30.6 Å². The number of carbonyl (C=O) groups is 1. The molecule has 1 N–H and O–H groups in total. The number of sulfonamides is 1. The van der Waals surface area contributed by atoms with Crippen molar-refractivity contribution in [3.8, 4) is 0 Å². The molecule has 1 aromatic heterocycles. The molecule has 0 aliphatic carbocycles. The highest BCUT2D eigenvalue weighted by atomic mass is 32.2. The average molecular weight is 303 g/mol. The molecule has 0 bridgehead atoms. The maximum atomic E-state index is 12.7. The number of carboxylic acid groups (broad SMARTS) is 1. The minimum absolute atomic E-state index is 0.0781. The smallest absolute Gasteiger partial charge is 0.347 e. The van der Waals surface area contributed by atoms with Crippen LogP contribution in [0.1, 0.15) is 42.8 Å². The van der Waals surface area contributed by atoms with E-state index in [0.29, 0.717) is 0 Å². The maximum absolute atomic E-state index is 12.7. The molecule has 0 amide bonds. The highest BCUT2D eigenvalue weighted by molar-refractivity contribution is 7.89. The Morgan fingerprint density at radius 3 is 2.47 bits per heavy atom. The zero-order valence-electron chi connectivity index (χ0n) is 10.9. The van der Waals surface area contributed by atoms with E-state index in [1.165, 1.54) is 15.8 Å². The van der Waals surface area contributed by atoms with Crippen LogP contribution in [0.15, 0.2) is 16.3 Å². The molecule has 1 saturated heterocycles. The van der Waals surface area contributed by atoms with E-state index in [4.69, 9.17) is 5.11 Å². The second-order valence-corrected chi connectivity index (χ2v) is 7.61. The number of nitrogens with zero attached hydrogens (tertiary/aromatic N) is 1. The quantitative estimate of drug-likeness (QED) is 0.930. The second-order valence-electron chi connectivity index (χ2n) is 4.88. The van der Waals surface area contributed by atoms with Crippen molar-refractivity contribution in [1.29, 1.82) is 0 Å². The molecule has 0 unspecified atom stereocenters. The molecular formula is C12H17NO4S2. The molecule has 1 fully saturated rings. The van der Waals surface area contributed by atoms with Gasteiger partial charge in [-0.1, -0.05) is 6.42 Å². The summed E-state index contributed by atoms with van der Waals surface area (Å²) in [7, 11) is -3.73. The summed E-state index contributed by atoms with van der Waals surface area (Å²) in [6.07, 6.45) is 2.63. The van der Waals surface area contributed by atoms with Crippen LogP contribution in [0.4, 0.5) is 0 Å². The van der Waals surface area contributed by atoms with Crippen LogP contribution in [-0.4, -0.2) is 35.9 Å². The standard InChI is InChI=1S/C12H17NO4S2/c1-8-4-3-5-9(2)13(8)19(16,17)10-6-7-18-11(10)12(14)15/h6-9H,3-5H2,1-2H3,(H,14,15)/t8-,9+. The van der Waals surface area contributed by atoms with E-state index < -0.39 is 16.0 Å². The molecule has 106 valence electrons. The first-order chi connectivity index (χ1) is 8.85. The lowest BCUT2D eigenvalue weighted by molar-refractivity contribution is 0.0698. The van der Waals surface area contributed by atoms with Crippen molar-refractivity contribution in [1.82, 2.24) is 4.31 Å². The Morgan fingerprint density at radius 2 is 1.95 bits per heavy atom. The van der Waals surface area contributed by atoms with Crippen molar-refractivity contribution in [2.75, 3.05) is 0 Å². The van der Waals surface area contributed by atoms with Gasteiger partial charge in [-0.3, -0.25) is 0 Å². The molecule has 2 rings (SSSR count). The van der Waals surface area contributed by atoms with Crippen molar-refractivity contribution in [2.45, 2.75) is 50.1 Å². The Kier molecular flexibility index (Phi) is 3.98. The third kappa shape index (κ3) is 2.54. The van der Waals surface area contributed by atoms with Crippen LogP contribution >= 0.6 is 11.3 Å². The Bertz CT molecular complexity index is 568. The molecule has 1 aliphatic heterocycles. The lowest BCUT2D eigenvalue weighted by Crippen LogP contribution is -2.47. The predicted octanol–water partition coefficient (Wildman–Crippen LogP) is 2.40. The number of carboxylic acids is 1. The van der Waals surface area contributed by atoms with Crippen LogP contribution in [0, 0.1) is 0 Å². The maximum Gasteiger partial charge on any atom is 0.347 e. The zero-order chi connectivity index (χ0) is 14.2. The molecule has 0 spiro atoms. The van der Waals surface area contributed by atoms with E-state index in [1.807, 2.05) is 13.8 Å². The molecule has 7 heteroatoms. The third-order valence-corrected chi connectivity index (χ3v) is 6.69. The van der Waals surface area contributed by atoms with Crippen molar-refractivity contribution in [3.63, 3.8) is 0 Å². The summed E-state index contributed by atoms with van der Waals surface area (Å²) in [5.74, 6) is -1.19. The summed E-state index contributed by atoms with van der Waals surface area (Å²) in [4.78, 5) is 10.9. The summed E-state index contributed by atoms with van der Waals surface area (Å²) in [5, 5.41) is 10.6. The van der Waals surface area contributed by atoms with Gasteiger partial charge in [0.2, 0.25) is 10.0 Å². The number of rotatable bonds is 3. The lowest BCUT2D eigenvalue weighted by atomic mass is 10.0. The van der Waals surface area contributed by atoms with Crippen LogP contribution in [-0.2, 0) is 10.0 Å². The summed E-state index contributed by atoms with van der Waals surface area (Å²) in [6.45, 7) is 3.75. The lowest BCUT2D eigenvalue weighted by Gasteiger charge is -2.37. The van der Waals surface area contributed by atoms with Gasteiger partial charge in [0.25, 0.3) is 0 Å². The third-order valence-electron chi connectivity index (χ3n) is 3.49. The van der Waals surface area contributed by atoms with E-state index in [9.17, 15) is 13.2 Å². The van der Waals surface area contributed by atoms with E-state index in [-0.39, 0.29) is 21.9 Å². The van der Waals surface area contributed by atoms with E-state index >= 15 is 0 Å². The molecule has 0 radical (unpaired) electrons. The summed E-state index contributed by atoms with van der Waals surface area (Å²) in [5.41, 5.74) is 0.